The second-order valence-electron chi connectivity index (χ2n) is 5.21. The van der Waals surface area contributed by atoms with E-state index in [0.717, 1.165) is 17.3 Å². The van der Waals surface area contributed by atoms with Gasteiger partial charge in [0.2, 0.25) is 5.91 Å². The van der Waals surface area contributed by atoms with E-state index in [1.54, 1.807) is 23.1 Å². The molecular formula is C14H13BrClNO4. The van der Waals surface area contributed by atoms with Crippen LogP contribution in [0, 0.1) is 0 Å². The molecule has 112 valence electrons. The van der Waals surface area contributed by atoms with Crippen LogP contribution in [-0.2, 0) is 14.3 Å². The van der Waals surface area contributed by atoms with Crippen molar-refractivity contribution in [2.45, 2.75) is 31.0 Å². The van der Waals surface area contributed by atoms with Crippen molar-refractivity contribution in [3.05, 3.63) is 33.3 Å². The zero-order valence-corrected chi connectivity index (χ0v) is 13.3. The Morgan fingerprint density at radius 2 is 2.14 bits per heavy atom. The maximum absolute atomic E-state index is 12.2. The van der Waals surface area contributed by atoms with E-state index in [1.807, 2.05) is 0 Å². The second-order valence-corrected chi connectivity index (χ2v) is 6.54. The molecule has 1 aliphatic carbocycles. The van der Waals surface area contributed by atoms with Gasteiger partial charge in [-0.25, -0.2) is 4.79 Å². The van der Waals surface area contributed by atoms with Crippen molar-refractivity contribution in [2.24, 2.45) is 0 Å². The van der Waals surface area contributed by atoms with Crippen LogP contribution in [0.2, 0.25) is 5.02 Å². The number of carboxylic acid groups (broad SMARTS) is 1. The highest BCUT2D eigenvalue weighted by molar-refractivity contribution is 9.10. The molecule has 7 heteroatoms. The predicted octanol–water partition coefficient (Wildman–Crippen LogP) is 2.62. The van der Waals surface area contributed by atoms with Crippen molar-refractivity contribution in [1.82, 2.24) is 4.90 Å². The number of ether oxygens (including phenoxy) is 1. The highest BCUT2D eigenvalue weighted by Crippen LogP contribution is 2.42. The lowest BCUT2D eigenvalue weighted by atomic mass is 9.97. The van der Waals surface area contributed by atoms with Gasteiger partial charge in [0.1, 0.15) is 6.61 Å². The average molecular weight is 375 g/mol. The van der Waals surface area contributed by atoms with E-state index < -0.39 is 18.1 Å². The lowest BCUT2D eigenvalue weighted by Crippen LogP contribution is -2.52. The van der Waals surface area contributed by atoms with Crippen LogP contribution in [0.5, 0.6) is 0 Å². The molecular weight excluding hydrogens is 362 g/mol. The third-order valence-electron chi connectivity index (χ3n) is 3.73. The van der Waals surface area contributed by atoms with Gasteiger partial charge >= 0.3 is 5.97 Å². The molecule has 1 aliphatic heterocycles. The molecule has 2 unspecified atom stereocenters. The highest BCUT2D eigenvalue weighted by Gasteiger charge is 2.48. The second kappa shape index (κ2) is 5.59. The van der Waals surface area contributed by atoms with Crippen molar-refractivity contribution in [3.8, 4) is 0 Å². The summed E-state index contributed by atoms with van der Waals surface area (Å²) in [4.78, 5) is 25.3. The number of hydrogen-bond acceptors (Lipinski definition) is 3. The van der Waals surface area contributed by atoms with Gasteiger partial charge in [-0.2, -0.15) is 0 Å². The van der Waals surface area contributed by atoms with E-state index in [2.05, 4.69) is 15.9 Å². The zero-order chi connectivity index (χ0) is 15.1. The Morgan fingerprint density at radius 1 is 1.43 bits per heavy atom. The van der Waals surface area contributed by atoms with Crippen molar-refractivity contribution >= 4 is 39.4 Å². The van der Waals surface area contributed by atoms with Gasteiger partial charge in [0.25, 0.3) is 0 Å². The van der Waals surface area contributed by atoms with Gasteiger partial charge in [-0.05, 0) is 30.5 Å². The molecule has 1 N–H and O–H groups in total. The number of amides is 1. The number of rotatable bonds is 3. The number of benzene rings is 1. The van der Waals surface area contributed by atoms with Gasteiger partial charge in [0, 0.05) is 15.5 Å². The van der Waals surface area contributed by atoms with E-state index in [4.69, 9.17) is 16.3 Å². The van der Waals surface area contributed by atoms with Gasteiger partial charge in [-0.1, -0.05) is 33.6 Å². The summed E-state index contributed by atoms with van der Waals surface area (Å²) in [6, 6.07) is 4.62. The smallest absolute Gasteiger partial charge is 0.335 e. The Labute approximate surface area is 135 Å². The molecule has 0 radical (unpaired) electrons. The lowest BCUT2D eigenvalue weighted by Gasteiger charge is -2.40. The molecule has 1 aromatic carbocycles. The SMILES string of the molecule is O=C(O)C1OCC(=O)N(C2CC2)C1c1ccc(Br)cc1Cl. The molecule has 2 atom stereocenters. The van der Waals surface area contributed by atoms with Crippen molar-refractivity contribution in [2.75, 3.05) is 6.61 Å². The van der Waals surface area contributed by atoms with Gasteiger partial charge in [0.05, 0.1) is 6.04 Å². The monoisotopic (exact) mass is 373 g/mol. The number of carbonyl (C=O) groups is 2. The van der Waals surface area contributed by atoms with Crippen LogP contribution in [0.1, 0.15) is 24.4 Å². The van der Waals surface area contributed by atoms with Crippen molar-refractivity contribution < 1.29 is 19.4 Å². The number of halogens is 2. The van der Waals surface area contributed by atoms with Gasteiger partial charge < -0.3 is 14.7 Å². The predicted molar refractivity (Wildman–Crippen MR) is 79.1 cm³/mol. The van der Waals surface area contributed by atoms with Crippen LogP contribution in [0.4, 0.5) is 0 Å². The highest BCUT2D eigenvalue weighted by atomic mass is 79.9. The number of carbonyl (C=O) groups excluding carboxylic acids is 1. The molecule has 0 aromatic heterocycles. The standard InChI is InChI=1S/C14H13BrClNO4/c15-7-1-4-9(10(16)5-7)12-13(14(19)20)21-6-11(18)17(12)8-2-3-8/h1,4-5,8,12-13H,2-3,6H2,(H,19,20). The van der Waals surface area contributed by atoms with Gasteiger partial charge in [0.15, 0.2) is 6.10 Å². The molecule has 1 heterocycles. The Bertz CT molecular complexity index is 605. The number of nitrogens with zero attached hydrogens (tertiary/aromatic N) is 1. The van der Waals surface area contributed by atoms with E-state index in [-0.39, 0.29) is 18.6 Å². The third-order valence-corrected chi connectivity index (χ3v) is 4.55. The largest absolute Gasteiger partial charge is 0.479 e. The molecule has 21 heavy (non-hydrogen) atoms. The Kier molecular flexibility index (Phi) is 3.94. The summed E-state index contributed by atoms with van der Waals surface area (Å²) in [5.41, 5.74) is 0.604. The Hall–Kier alpha value is -1.11. The summed E-state index contributed by atoms with van der Waals surface area (Å²) in [6.45, 7) is -0.196. The topological polar surface area (TPSA) is 66.8 Å². The molecule has 1 saturated heterocycles. The van der Waals surface area contributed by atoms with Crippen molar-refractivity contribution in [3.63, 3.8) is 0 Å². The first-order chi connectivity index (χ1) is 9.99. The number of aliphatic carboxylic acids is 1. The maximum atomic E-state index is 12.2. The summed E-state index contributed by atoms with van der Waals surface area (Å²) >= 11 is 9.57. The Balaban J connectivity index is 2.06. The summed E-state index contributed by atoms with van der Waals surface area (Å²) < 4.78 is 6.05. The number of hydrogen-bond donors (Lipinski definition) is 1. The quantitative estimate of drug-likeness (QED) is 0.883. The fraction of sp³-hybridized carbons (Fsp3) is 0.429. The molecule has 3 rings (SSSR count). The van der Waals surface area contributed by atoms with Crippen LogP contribution < -0.4 is 0 Å². The average Bonchev–Trinajstić information content (AvgIpc) is 3.22. The summed E-state index contributed by atoms with van der Waals surface area (Å²) in [5.74, 6) is -1.27. The van der Waals surface area contributed by atoms with E-state index >= 15 is 0 Å². The summed E-state index contributed by atoms with van der Waals surface area (Å²) in [6.07, 6.45) is 0.688. The molecule has 2 fully saturated rings. The summed E-state index contributed by atoms with van der Waals surface area (Å²) in [5, 5.41) is 9.83. The van der Waals surface area contributed by atoms with Crippen LogP contribution in [0.25, 0.3) is 0 Å². The van der Waals surface area contributed by atoms with Crippen LogP contribution in [0.3, 0.4) is 0 Å². The molecule has 1 aromatic rings. The van der Waals surface area contributed by atoms with E-state index in [1.165, 1.54) is 0 Å². The minimum Gasteiger partial charge on any atom is -0.479 e. The van der Waals surface area contributed by atoms with Gasteiger partial charge in [-0.15, -0.1) is 0 Å². The first kappa shape index (κ1) is 14.8. The number of carboxylic acids is 1. The molecule has 2 aliphatic rings. The first-order valence-electron chi connectivity index (χ1n) is 6.59. The molecule has 5 nitrogen and oxygen atoms in total. The molecule has 0 bridgehead atoms. The maximum Gasteiger partial charge on any atom is 0.335 e. The zero-order valence-electron chi connectivity index (χ0n) is 11.0. The fourth-order valence-corrected chi connectivity index (χ4v) is 3.46. The minimum atomic E-state index is -1.10. The molecule has 1 amide bonds. The third kappa shape index (κ3) is 2.80. The lowest BCUT2D eigenvalue weighted by molar-refractivity contribution is -0.174. The molecule has 0 spiro atoms. The van der Waals surface area contributed by atoms with Crippen molar-refractivity contribution in [1.29, 1.82) is 0 Å². The van der Waals surface area contributed by atoms with E-state index in [0.29, 0.717) is 10.6 Å². The van der Waals surface area contributed by atoms with E-state index in [9.17, 15) is 14.7 Å². The first-order valence-corrected chi connectivity index (χ1v) is 7.76. The van der Waals surface area contributed by atoms with Crippen LogP contribution in [-0.4, -0.2) is 40.6 Å². The van der Waals surface area contributed by atoms with Gasteiger partial charge in [-0.3, -0.25) is 4.79 Å². The number of morpholine rings is 1. The Morgan fingerprint density at radius 3 is 2.71 bits per heavy atom. The van der Waals surface area contributed by atoms with Crippen LogP contribution in [0.15, 0.2) is 22.7 Å². The normalized spacial score (nSPS) is 26.0. The minimum absolute atomic E-state index is 0.0907. The van der Waals surface area contributed by atoms with Crippen LogP contribution >= 0.6 is 27.5 Å². The fourth-order valence-electron chi connectivity index (χ4n) is 2.67. The molecule has 1 saturated carbocycles. The summed E-state index contributed by atoms with van der Waals surface area (Å²) in [7, 11) is 0.